The first-order valence-corrected chi connectivity index (χ1v) is 9.90. The van der Waals surface area contributed by atoms with Crippen LogP contribution in [0.15, 0.2) is 12.2 Å². The maximum Gasteiger partial charge on any atom is 0.303 e. The fourth-order valence-electron chi connectivity index (χ4n) is 3.74. The van der Waals surface area contributed by atoms with Crippen molar-refractivity contribution in [3.8, 4) is 0 Å². The fourth-order valence-corrected chi connectivity index (χ4v) is 3.74. The van der Waals surface area contributed by atoms with Gasteiger partial charge in [0, 0.05) is 18.8 Å². The number of carboxylic acids is 1. The van der Waals surface area contributed by atoms with Crippen LogP contribution >= 0.6 is 0 Å². The average molecular weight is 357 g/mol. The third-order valence-electron chi connectivity index (χ3n) is 5.25. The van der Waals surface area contributed by atoms with Gasteiger partial charge in [-0.15, -0.1) is 0 Å². The van der Waals surface area contributed by atoms with E-state index >= 15 is 0 Å². The van der Waals surface area contributed by atoms with Gasteiger partial charge in [-0.2, -0.15) is 0 Å². The molecule has 5 atom stereocenters. The zero-order chi connectivity index (χ0) is 18.7. The van der Waals surface area contributed by atoms with Crippen molar-refractivity contribution in [1.29, 1.82) is 0 Å². The van der Waals surface area contributed by atoms with Gasteiger partial charge in [0.15, 0.2) is 0 Å². The van der Waals surface area contributed by atoms with Crippen molar-refractivity contribution in [2.24, 2.45) is 11.8 Å². The minimum Gasteiger partial charge on any atom is -0.481 e. The minimum atomic E-state index is -0.753. The normalized spacial score (nSPS) is 27.8. The molecule has 0 aromatic rings. The van der Waals surface area contributed by atoms with Gasteiger partial charge in [0.05, 0.1) is 18.3 Å². The van der Waals surface area contributed by atoms with Crippen molar-refractivity contribution in [2.45, 2.75) is 95.9 Å². The Hall–Kier alpha value is -0.910. The highest BCUT2D eigenvalue weighted by Gasteiger charge is 2.39. The van der Waals surface area contributed by atoms with Crippen molar-refractivity contribution in [3.05, 3.63) is 12.2 Å². The Labute approximate surface area is 151 Å². The molecule has 0 radical (unpaired) electrons. The molecule has 5 heteroatoms. The van der Waals surface area contributed by atoms with E-state index in [1.807, 2.05) is 6.08 Å². The fraction of sp³-hybridized carbons (Fsp3) is 0.850. The summed E-state index contributed by atoms with van der Waals surface area (Å²) in [6.45, 7) is 2.13. The molecule has 0 heterocycles. The summed E-state index contributed by atoms with van der Waals surface area (Å²) in [5.74, 6) is -0.833. The Bertz CT molecular complexity index is 396. The number of unbranched alkanes of at least 4 members (excludes halogenated alkanes) is 5. The van der Waals surface area contributed by atoms with Gasteiger partial charge in [-0.05, 0) is 25.2 Å². The zero-order valence-corrected chi connectivity index (χ0v) is 15.5. The van der Waals surface area contributed by atoms with Crippen LogP contribution in [0.25, 0.3) is 0 Å². The standard InChI is InChI=1S/C20H36O5/c1-2-3-6-9-15(21)12-13-17-16(18(22)14-19(17)23)10-7-4-5-8-11-20(24)25/h12-13,15-19,21-23H,2-11,14H2,1H3,(H,24,25)/b13-12+/t15-,16-,17+,18+,19-/m0/s1. The number of carboxylic acid groups (broad SMARTS) is 1. The van der Waals surface area contributed by atoms with Crippen LogP contribution in [-0.2, 0) is 4.79 Å². The van der Waals surface area contributed by atoms with E-state index in [2.05, 4.69) is 6.92 Å². The number of aliphatic carboxylic acids is 1. The van der Waals surface area contributed by atoms with Crippen molar-refractivity contribution in [1.82, 2.24) is 0 Å². The van der Waals surface area contributed by atoms with Crippen molar-refractivity contribution >= 4 is 5.97 Å². The lowest BCUT2D eigenvalue weighted by molar-refractivity contribution is -0.137. The molecule has 0 saturated heterocycles. The molecular formula is C20H36O5. The topological polar surface area (TPSA) is 98.0 Å². The van der Waals surface area contributed by atoms with Crippen LogP contribution in [-0.4, -0.2) is 44.7 Å². The third-order valence-corrected chi connectivity index (χ3v) is 5.25. The summed E-state index contributed by atoms with van der Waals surface area (Å²) in [4.78, 5) is 10.5. The zero-order valence-electron chi connectivity index (χ0n) is 15.5. The van der Waals surface area contributed by atoms with Crippen LogP contribution in [0.2, 0.25) is 0 Å². The second kappa shape index (κ2) is 12.4. The van der Waals surface area contributed by atoms with Crippen LogP contribution in [0.3, 0.4) is 0 Å². The van der Waals surface area contributed by atoms with Gasteiger partial charge >= 0.3 is 5.97 Å². The molecule has 1 aliphatic rings. The SMILES string of the molecule is CCCCC[C@H](O)/C=C/[C@@H]1[C@H](CCCCCCC(=O)O)[C@H](O)C[C@@H]1O. The Morgan fingerprint density at radius 3 is 2.48 bits per heavy atom. The highest BCUT2D eigenvalue weighted by molar-refractivity contribution is 5.66. The average Bonchev–Trinajstić information content (AvgIpc) is 2.82. The number of hydrogen-bond donors (Lipinski definition) is 4. The molecule has 1 fully saturated rings. The lowest BCUT2D eigenvalue weighted by atomic mass is 9.88. The van der Waals surface area contributed by atoms with Crippen LogP contribution in [0.4, 0.5) is 0 Å². The lowest BCUT2D eigenvalue weighted by Crippen LogP contribution is -2.21. The maximum atomic E-state index is 10.5. The number of carbonyl (C=O) groups is 1. The largest absolute Gasteiger partial charge is 0.481 e. The van der Waals surface area contributed by atoms with Gasteiger partial charge in [-0.3, -0.25) is 4.79 Å². The molecule has 1 aliphatic carbocycles. The molecule has 4 N–H and O–H groups in total. The van der Waals surface area contributed by atoms with Gasteiger partial charge < -0.3 is 20.4 Å². The predicted octanol–water partition coefficient (Wildman–Crippen LogP) is 3.27. The minimum absolute atomic E-state index is 0.0218. The maximum absolute atomic E-state index is 10.5. The molecule has 1 rings (SSSR count). The third kappa shape index (κ3) is 8.84. The van der Waals surface area contributed by atoms with Crippen molar-refractivity contribution in [3.63, 3.8) is 0 Å². The van der Waals surface area contributed by atoms with Crippen LogP contribution < -0.4 is 0 Å². The van der Waals surface area contributed by atoms with E-state index in [4.69, 9.17) is 5.11 Å². The molecule has 0 aromatic heterocycles. The second-order valence-electron chi connectivity index (χ2n) is 7.41. The first-order chi connectivity index (χ1) is 12.0. The molecule has 25 heavy (non-hydrogen) atoms. The van der Waals surface area contributed by atoms with Gasteiger partial charge in [0.25, 0.3) is 0 Å². The summed E-state index contributed by atoms with van der Waals surface area (Å²) in [5.41, 5.74) is 0. The first-order valence-electron chi connectivity index (χ1n) is 9.90. The molecule has 0 aromatic carbocycles. The van der Waals surface area contributed by atoms with E-state index in [-0.39, 0.29) is 18.3 Å². The van der Waals surface area contributed by atoms with Crippen LogP contribution in [0.1, 0.15) is 77.6 Å². The predicted molar refractivity (Wildman–Crippen MR) is 98.2 cm³/mol. The monoisotopic (exact) mass is 356 g/mol. The van der Waals surface area contributed by atoms with E-state index in [0.717, 1.165) is 51.4 Å². The summed E-state index contributed by atoms with van der Waals surface area (Å²) >= 11 is 0. The van der Waals surface area contributed by atoms with Gasteiger partial charge in [-0.1, -0.05) is 57.6 Å². The van der Waals surface area contributed by atoms with Gasteiger partial charge in [-0.25, -0.2) is 0 Å². The highest BCUT2D eigenvalue weighted by atomic mass is 16.4. The van der Waals surface area contributed by atoms with Crippen molar-refractivity contribution in [2.75, 3.05) is 0 Å². The lowest BCUT2D eigenvalue weighted by Gasteiger charge is -2.21. The van der Waals surface area contributed by atoms with Gasteiger partial charge in [0.2, 0.25) is 0 Å². The van der Waals surface area contributed by atoms with Crippen molar-refractivity contribution < 1.29 is 25.2 Å². The molecule has 5 nitrogen and oxygen atoms in total. The molecule has 146 valence electrons. The van der Waals surface area contributed by atoms with E-state index < -0.39 is 24.3 Å². The number of hydrogen-bond acceptors (Lipinski definition) is 4. The highest BCUT2D eigenvalue weighted by Crippen LogP contribution is 2.37. The summed E-state index contributed by atoms with van der Waals surface area (Å²) < 4.78 is 0. The Morgan fingerprint density at radius 1 is 1.08 bits per heavy atom. The Kier molecular flexibility index (Phi) is 11.0. The second-order valence-corrected chi connectivity index (χ2v) is 7.41. The molecule has 0 aliphatic heterocycles. The molecule has 0 unspecified atom stereocenters. The summed E-state index contributed by atoms with van der Waals surface area (Å²) in [5, 5.41) is 39.0. The molecule has 0 bridgehead atoms. The van der Waals surface area contributed by atoms with Crippen LogP contribution in [0, 0.1) is 11.8 Å². The number of rotatable bonds is 13. The summed E-state index contributed by atoms with van der Waals surface area (Å²) in [7, 11) is 0. The Balaban J connectivity index is 2.38. The number of aliphatic hydroxyl groups excluding tert-OH is 3. The number of aliphatic hydroxyl groups is 3. The van der Waals surface area contributed by atoms with Crippen LogP contribution in [0.5, 0.6) is 0 Å². The smallest absolute Gasteiger partial charge is 0.303 e. The van der Waals surface area contributed by atoms with E-state index in [9.17, 15) is 20.1 Å². The molecule has 0 spiro atoms. The molecule has 0 amide bonds. The summed E-state index contributed by atoms with van der Waals surface area (Å²) in [6, 6.07) is 0. The van der Waals surface area contributed by atoms with E-state index in [1.54, 1.807) is 6.08 Å². The molecule has 1 saturated carbocycles. The first kappa shape index (κ1) is 22.1. The Morgan fingerprint density at radius 2 is 1.80 bits per heavy atom. The molecular weight excluding hydrogens is 320 g/mol. The van der Waals surface area contributed by atoms with E-state index in [0.29, 0.717) is 12.8 Å². The van der Waals surface area contributed by atoms with Gasteiger partial charge in [0.1, 0.15) is 0 Å². The summed E-state index contributed by atoms with van der Waals surface area (Å²) in [6.07, 6.45) is 11.0. The quantitative estimate of drug-likeness (QED) is 0.300. The van der Waals surface area contributed by atoms with E-state index in [1.165, 1.54) is 0 Å².